The molecule has 0 unspecified atom stereocenters. The molecular weight excluding hydrogens is 359 g/mol. The Morgan fingerprint density at radius 3 is 2.64 bits per heavy atom. The zero-order valence-corrected chi connectivity index (χ0v) is 15.4. The van der Waals surface area contributed by atoms with E-state index in [2.05, 4.69) is 23.2 Å². The maximum absolute atomic E-state index is 11.5. The van der Waals surface area contributed by atoms with Crippen molar-refractivity contribution in [2.24, 2.45) is 4.99 Å². The van der Waals surface area contributed by atoms with Gasteiger partial charge < -0.3 is 20.0 Å². The second-order valence-electron chi connectivity index (χ2n) is 6.13. The van der Waals surface area contributed by atoms with E-state index in [4.69, 9.17) is 4.99 Å². The Hall–Kier alpha value is -1.70. The van der Waals surface area contributed by atoms with E-state index in [-0.39, 0.29) is 0 Å². The summed E-state index contributed by atoms with van der Waals surface area (Å²) in [6, 6.07) is 10.0. The molecule has 3 heterocycles. The number of para-hydroxylation sites is 2. The summed E-state index contributed by atoms with van der Waals surface area (Å²) in [7, 11) is -4.17. The Labute approximate surface area is 149 Å². The molecule has 0 spiro atoms. The molecule has 2 aliphatic rings. The van der Waals surface area contributed by atoms with Crippen molar-refractivity contribution < 1.29 is 14.4 Å². The van der Waals surface area contributed by atoms with Crippen molar-refractivity contribution in [1.82, 2.24) is 9.57 Å². The molecule has 25 heavy (non-hydrogen) atoms. The van der Waals surface area contributed by atoms with Crippen LogP contribution in [-0.2, 0) is 4.57 Å². The molecule has 132 valence electrons. The normalized spacial score (nSPS) is 18.0. The SMILES string of the molecule is Cc1cc2c(s1)Nc1ccccc1N=C2N1CCN(P(=O)(O)O)CC1. The van der Waals surface area contributed by atoms with Crippen LogP contribution in [0.25, 0.3) is 0 Å². The smallest absolute Gasteiger partial charge is 0.353 e. The summed E-state index contributed by atoms with van der Waals surface area (Å²) in [5.74, 6) is 0.863. The fraction of sp³-hybridized carbons (Fsp3) is 0.312. The Balaban J connectivity index is 1.70. The van der Waals surface area contributed by atoms with Crippen LogP contribution < -0.4 is 5.32 Å². The van der Waals surface area contributed by atoms with Crippen LogP contribution in [0.1, 0.15) is 10.4 Å². The molecule has 0 bridgehead atoms. The second kappa shape index (κ2) is 6.23. The fourth-order valence-electron chi connectivity index (χ4n) is 3.16. The van der Waals surface area contributed by atoms with Gasteiger partial charge in [0.25, 0.3) is 0 Å². The highest BCUT2D eigenvalue weighted by Gasteiger charge is 2.32. The third-order valence-electron chi connectivity index (χ3n) is 4.40. The summed E-state index contributed by atoms with van der Waals surface area (Å²) < 4.78 is 12.7. The second-order valence-corrected chi connectivity index (χ2v) is 8.98. The van der Waals surface area contributed by atoms with Gasteiger partial charge in [0.1, 0.15) is 10.8 Å². The van der Waals surface area contributed by atoms with Crippen LogP contribution in [-0.4, -0.2) is 51.4 Å². The number of rotatable bonds is 1. The molecule has 1 aromatic carbocycles. The van der Waals surface area contributed by atoms with Gasteiger partial charge in [-0.1, -0.05) is 12.1 Å². The van der Waals surface area contributed by atoms with Crippen molar-refractivity contribution in [3.63, 3.8) is 0 Å². The van der Waals surface area contributed by atoms with E-state index >= 15 is 0 Å². The van der Waals surface area contributed by atoms with Crippen LogP contribution in [0.2, 0.25) is 0 Å². The highest BCUT2D eigenvalue weighted by Crippen LogP contribution is 2.42. The summed E-state index contributed by atoms with van der Waals surface area (Å²) in [6.45, 7) is 3.75. The van der Waals surface area contributed by atoms with E-state index in [1.54, 1.807) is 11.3 Å². The van der Waals surface area contributed by atoms with Crippen molar-refractivity contribution in [2.75, 3.05) is 31.5 Å². The number of hydrogen-bond acceptors (Lipinski definition) is 5. The lowest BCUT2D eigenvalue weighted by Gasteiger charge is -2.36. The number of amidine groups is 1. The third kappa shape index (κ3) is 3.23. The maximum atomic E-state index is 11.5. The first kappa shape index (κ1) is 16.8. The van der Waals surface area contributed by atoms with Gasteiger partial charge in [0.05, 0.1) is 16.9 Å². The monoisotopic (exact) mass is 378 g/mol. The van der Waals surface area contributed by atoms with E-state index in [0.29, 0.717) is 26.2 Å². The largest absolute Gasteiger partial charge is 0.403 e. The van der Waals surface area contributed by atoms with Gasteiger partial charge >= 0.3 is 7.75 Å². The zero-order valence-electron chi connectivity index (χ0n) is 13.7. The van der Waals surface area contributed by atoms with Crippen LogP contribution in [0, 0.1) is 6.92 Å². The molecule has 2 aromatic rings. The number of hydrogen-bond donors (Lipinski definition) is 3. The Bertz CT molecular complexity index is 883. The van der Waals surface area contributed by atoms with Crippen LogP contribution in [0.15, 0.2) is 35.3 Å². The summed E-state index contributed by atoms with van der Waals surface area (Å²) >= 11 is 1.69. The van der Waals surface area contributed by atoms with Crippen molar-refractivity contribution in [3.8, 4) is 0 Å². The van der Waals surface area contributed by atoms with Crippen molar-refractivity contribution >= 4 is 41.3 Å². The van der Waals surface area contributed by atoms with Crippen molar-refractivity contribution in [1.29, 1.82) is 0 Å². The average Bonchev–Trinajstić information content (AvgIpc) is 2.86. The first-order chi connectivity index (χ1) is 11.9. The summed E-state index contributed by atoms with van der Waals surface area (Å²) in [6.07, 6.45) is 0. The molecule has 9 heteroatoms. The lowest BCUT2D eigenvalue weighted by molar-refractivity contribution is 0.210. The number of nitrogens with zero attached hydrogens (tertiary/aromatic N) is 3. The van der Waals surface area contributed by atoms with Gasteiger partial charge in [-0.25, -0.2) is 14.2 Å². The Morgan fingerprint density at radius 1 is 1.20 bits per heavy atom. The molecule has 1 aromatic heterocycles. The van der Waals surface area contributed by atoms with Crippen LogP contribution in [0.4, 0.5) is 16.4 Å². The Kier molecular flexibility index (Phi) is 4.17. The van der Waals surface area contributed by atoms with E-state index in [1.165, 1.54) is 9.55 Å². The molecule has 1 fully saturated rings. The molecule has 2 aliphatic heterocycles. The van der Waals surface area contributed by atoms with Gasteiger partial charge in [-0.15, -0.1) is 11.3 Å². The molecule has 3 N–H and O–H groups in total. The molecular formula is C16H19N4O3PS. The Morgan fingerprint density at radius 2 is 1.92 bits per heavy atom. The lowest BCUT2D eigenvalue weighted by atomic mass is 10.2. The minimum absolute atomic E-state index is 0.316. The molecule has 0 amide bonds. The minimum Gasteiger partial charge on any atom is -0.353 e. The molecule has 0 radical (unpaired) electrons. The van der Waals surface area contributed by atoms with Gasteiger partial charge in [0, 0.05) is 31.1 Å². The average molecular weight is 378 g/mol. The summed E-state index contributed by atoms with van der Waals surface area (Å²) in [5, 5.41) is 4.52. The van der Waals surface area contributed by atoms with Crippen LogP contribution in [0.5, 0.6) is 0 Å². The quantitative estimate of drug-likeness (QED) is 0.662. The van der Waals surface area contributed by atoms with Crippen molar-refractivity contribution in [3.05, 3.63) is 40.8 Å². The molecule has 1 saturated heterocycles. The number of anilines is 2. The van der Waals surface area contributed by atoms with E-state index < -0.39 is 7.75 Å². The number of aryl methyl sites for hydroxylation is 1. The lowest BCUT2D eigenvalue weighted by Crippen LogP contribution is -2.47. The van der Waals surface area contributed by atoms with Gasteiger partial charge in [0.2, 0.25) is 0 Å². The maximum Gasteiger partial charge on any atom is 0.403 e. The molecule has 0 aliphatic carbocycles. The van der Waals surface area contributed by atoms with Crippen LogP contribution >= 0.6 is 19.1 Å². The highest BCUT2D eigenvalue weighted by atomic mass is 32.1. The van der Waals surface area contributed by atoms with E-state index in [1.807, 2.05) is 24.3 Å². The molecule has 4 rings (SSSR count). The fourth-order valence-corrected chi connectivity index (χ4v) is 4.78. The summed E-state index contributed by atoms with van der Waals surface area (Å²) in [4.78, 5) is 26.9. The summed E-state index contributed by atoms with van der Waals surface area (Å²) in [5.41, 5.74) is 2.88. The van der Waals surface area contributed by atoms with Gasteiger partial charge in [-0.2, -0.15) is 0 Å². The first-order valence-corrected chi connectivity index (χ1v) is 10.4. The molecule has 7 nitrogen and oxygen atoms in total. The standard InChI is InChI=1S/C16H19N4O3PS/c1-11-10-12-15(19-6-8-20(9-7-19)24(21,22)23)17-13-4-2-3-5-14(13)18-16(12)25-11/h2-5,10,18H,6-9H2,1H3,(H2,21,22,23). The molecule has 0 saturated carbocycles. The predicted molar refractivity (Wildman–Crippen MR) is 100 cm³/mol. The number of nitrogens with one attached hydrogen (secondary N) is 1. The number of aliphatic imine (C=N–C) groups is 1. The zero-order chi connectivity index (χ0) is 17.6. The molecule has 0 atom stereocenters. The number of piperazine rings is 1. The topological polar surface area (TPSA) is 88.4 Å². The van der Waals surface area contributed by atoms with Gasteiger partial charge in [0.15, 0.2) is 0 Å². The predicted octanol–water partition coefficient (Wildman–Crippen LogP) is 2.90. The van der Waals surface area contributed by atoms with Gasteiger partial charge in [-0.3, -0.25) is 0 Å². The first-order valence-electron chi connectivity index (χ1n) is 8.03. The number of benzene rings is 1. The highest BCUT2D eigenvalue weighted by molar-refractivity contribution is 7.49. The van der Waals surface area contributed by atoms with E-state index in [0.717, 1.165) is 27.8 Å². The third-order valence-corrected chi connectivity index (χ3v) is 6.50. The van der Waals surface area contributed by atoms with Crippen molar-refractivity contribution in [2.45, 2.75) is 6.92 Å². The minimum atomic E-state index is -4.17. The number of fused-ring (bicyclic) bond motifs is 2. The van der Waals surface area contributed by atoms with E-state index in [9.17, 15) is 14.4 Å². The number of thiophene rings is 1. The van der Waals surface area contributed by atoms with Gasteiger partial charge in [-0.05, 0) is 25.1 Å². The van der Waals surface area contributed by atoms with Crippen LogP contribution in [0.3, 0.4) is 0 Å².